The molecule has 2 N–H and O–H groups in total. The number of nitrogens with zero attached hydrogens (tertiary/aromatic N) is 2. The molecule has 4 aromatic rings. The van der Waals surface area contributed by atoms with Crippen LogP contribution in [0.5, 0.6) is 5.75 Å². The van der Waals surface area contributed by atoms with Crippen LogP contribution >= 0.6 is 0 Å². The van der Waals surface area contributed by atoms with Crippen LogP contribution < -0.4 is 10.1 Å². The zero-order chi connectivity index (χ0) is 15.6. The molecule has 2 heterocycles. The lowest BCUT2D eigenvalue weighted by atomic mass is 10.1. The number of hydrogen-bond acceptors (Lipinski definition) is 5. The molecule has 2 aromatic carbocycles. The molecule has 2 aromatic heterocycles. The fourth-order valence-corrected chi connectivity index (χ4v) is 2.47. The second kappa shape index (κ2) is 5.49. The first-order valence-corrected chi connectivity index (χ1v) is 7.12. The van der Waals surface area contributed by atoms with Gasteiger partial charge in [-0.15, -0.1) is 0 Å². The highest BCUT2D eigenvalue weighted by atomic mass is 16.5. The van der Waals surface area contributed by atoms with Gasteiger partial charge >= 0.3 is 0 Å². The summed E-state index contributed by atoms with van der Waals surface area (Å²) in [6.45, 7) is 0. The van der Waals surface area contributed by atoms with Crippen LogP contribution in [0.25, 0.3) is 22.4 Å². The number of imidazole rings is 1. The molecule has 0 spiro atoms. The van der Waals surface area contributed by atoms with Gasteiger partial charge < -0.3 is 19.5 Å². The van der Waals surface area contributed by atoms with E-state index in [-0.39, 0.29) is 0 Å². The lowest BCUT2D eigenvalue weighted by Gasteiger charge is -2.09. The summed E-state index contributed by atoms with van der Waals surface area (Å²) in [5, 5.41) is 3.25. The van der Waals surface area contributed by atoms with Gasteiger partial charge in [0.2, 0.25) is 5.95 Å². The number of para-hydroxylation sites is 2. The molecule has 4 rings (SSSR count). The molecule has 0 fully saturated rings. The highest BCUT2D eigenvalue weighted by molar-refractivity contribution is 5.79. The van der Waals surface area contributed by atoms with Crippen molar-refractivity contribution >= 4 is 22.7 Å². The standard InChI is InChI=1S/C17H14N4O2/c1-22-15-8-11(6-7-12(15)16-9-18-10-23-16)19-17-20-13-4-2-3-5-14(13)21-17/h2-10H,1H3,(H2,19,20,21). The van der Waals surface area contributed by atoms with Crippen molar-refractivity contribution in [3.8, 4) is 17.1 Å². The molecule has 6 heteroatoms. The Hall–Kier alpha value is -3.28. The third-order valence-electron chi connectivity index (χ3n) is 3.55. The van der Waals surface area contributed by atoms with Gasteiger partial charge in [-0.25, -0.2) is 9.97 Å². The van der Waals surface area contributed by atoms with E-state index in [1.54, 1.807) is 13.3 Å². The lowest BCUT2D eigenvalue weighted by Crippen LogP contribution is -1.94. The van der Waals surface area contributed by atoms with Crippen LogP contribution in [-0.4, -0.2) is 22.1 Å². The number of aromatic amines is 1. The van der Waals surface area contributed by atoms with E-state index in [0.717, 1.165) is 22.3 Å². The Morgan fingerprint density at radius 2 is 2.09 bits per heavy atom. The maximum absolute atomic E-state index is 5.45. The van der Waals surface area contributed by atoms with Crippen molar-refractivity contribution in [3.63, 3.8) is 0 Å². The first-order valence-electron chi connectivity index (χ1n) is 7.12. The predicted octanol–water partition coefficient (Wildman–Crippen LogP) is 3.97. The highest BCUT2D eigenvalue weighted by Gasteiger charge is 2.11. The largest absolute Gasteiger partial charge is 0.496 e. The zero-order valence-electron chi connectivity index (χ0n) is 12.4. The van der Waals surface area contributed by atoms with E-state index in [1.807, 2.05) is 42.5 Å². The van der Waals surface area contributed by atoms with Gasteiger partial charge in [0.25, 0.3) is 0 Å². The molecule has 6 nitrogen and oxygen atoms in total. The number of aromatic nitrogens is 3. The quantitative estimate of drug-likeness (QED) is 0.596. The van der Waals surface area contributed by atoms with Crippen LogP contribution in [0.4, 0.5) is 11.6 Å². The van der Waals surface area contributed by atoms with E-state index < -0.39 is 0 Å². The molecule has 0 aliphatic rings. The van der Waals surface area contributed by atoms with E-state index in [1.165, 1.54) is 6.39 Å². The molecular formula is C17H14N4O2. The Morgan fingerprint density at radius 3 is 2.87 bits per heavy atom. The number of methoxy groups -OCH3 is 1. The van der Waals surface area contributed by atoms with Gasteiger partial charge in [-0.2, -0.15) is 0 Å². The van der Waals surface area contributed by atoms with E-state index in [2.05, 4.69) is 20.3 Å². The summed E-state index contributed by atoms with van der Waals surface area (Å²) in [6.07, 6.45) is 3.06. The SMILES string of the molecule is COc1cc(Nc2nc3ccccc3[nH]2)ccc1-c1cnco1. The summed E-state index contributed by atoms with van der Waals surface area (Å²) in [4.78, 5) is 11.7. The second-order valence-electron chi connectivity index (χ2n) is 5.01. The molecule has 114 valence electrons. The summed E-state index contributed by atoms with van der Waals surface area (Å²) < 4.78 is 10.8. The van der Waals surface area contributed by atoms with Crippen molar-refractivity contribution in [3.05, 3.63) is 55.1 Å². The summed E-state index contributed by atoms with van der Waals surface area (Å²) in [7, 11) is 1.63. The minimum atomic E-state index is 0.664. The summed E-state index contributed by atoms with van der Waals surface area (Å²) in [6, 6.07) is 13.6. The molecule has 0 amide bonds. The van der Waals surface area contributed by atoms with Gasteiger partial charge in [-0.1, -0.05) is 12.1 Å². The molecule has 0 radical (unpaired) electrons. The molecule has 0 aliphatic carbocycles. The number of fused-ring (bicyclic) bond motifs is 1. The monoisotopic (exact) mass is 306 g/mol. The van der Waals surface area contributed by atoms with Crippen molar-refractivity contribution in [1.29, 1.82) is 0 Å². The number of nitrogens with one attached hydrogen (secondary N) is 2. The van der Waals surface area contributed by atoms with Crippen molar-refractivity contribution < 1.29 is 9.15 Å². The molecule has 23 heavy (non-hydrogen) atoms. The number of H-pyrrole nitrogens is 1. The normalized spacial score (nSPS) is 10.8. The topological polar surface area (TPSA) is 76.0 Å². The molecule has 0 saturated carbocycles. The number of anilines is 2. The minimum Gasteiger partial charge on any atom is -0.496 e. The number of benzene rings is 2. The maximum Gasteiger partial charge on any atom is 0.205 e. The predicted molar refractivity (Wildman–Crippen MR) is 87.9 cm³/mol. The van der Waals surface area contributed by atoms with E-state index in [0.29, 0.717) is 17.5 Å². The van der Waals surface area contributed by atoms with Crippen molar-refractivity contribution in [2.75, 3.05) is 12.4 Å². The smallest absolute Gasteiger partial charge is 0.205 e. The Balaban J connectivity index is 1.66. The van der Waals surface area contributed by atoms with Crippen molar-refractivity contribution in [1.82, 2.24) is 15.0 Å². The average Bonchev–Trinajstić information content (AvgIpc) is 3.23. The van der Waals surface area contributed by atoms with Gasteiger partial charge in [-0.3, -0.25) is 0 Å². The van der Waals surface area contributed by atoms with E-state index in [4.69, 9.17) is 9.15 Å². The van der Waals surface area contributed by atoms with Crippen molar-refractivity contribution in [2.24, 2.45) is 0 Å². The van der Waals surface area contributed by atoms with Gasteiger partial charge in [0.1, 0.15) is 5.75 Å². The Labute approximate surface area is 132 Å². The number of rotatable bonds is 4. The van der Waals surface area contributed by atoms with Crippen LogP contribution in [0.3, 0.4) is 0 Å². The fraction of sp³-hybridized carbons (Fsp3) is 0.0588. The summed E-state index contributed by atoms with van der Waals surface area (Å²) >= 11 is 0. The van der Waals surface area contributed by atoms with E-state index >= 15 is 0 Å². The second-order valence-corrected chi connectivity index (χ2v) is 5.01. The first-order chi connectivity index (χ1) is 11.3. The Morgan fingerprint density at radius 1 is 1.17 bits per heavy atom. The van der Waals surface area contributed by atoms with Gasteiger partial charge in [0, 0.05) is 11.8 Å². The molecule has 0 saturated heterocycles. The number of ether oxygens (including phenoxy) is 1. The van der Waals surface area contributed by atoms with Crippen LogP contribution in [-0.2, 0) is 0 Å². The Kier molecular flexibility index (Phi) is 3.20. The molecule has 0 aliphatic heterocycles. The van der Waals surface area contributed by atoms with Gasteiger partial charge in [0.05, 0.1) is 29.9 Å². The lowest BCUT2D eigenvalue weighted by molar-refractivity contribution is 0.415. The number of hydrogen-bond donors (Lipinski definition) is 2. The molecule has 0 bridgehead atoms. The third kappa shape index (κ3) is 2.50. The van der Waals surface area contributed by atoms with Gasteiger partial charge in [0.15, 0.2) is 12.2 Å². The van der Waals surface area contributed by atoms with Crippen LogP contribution in [0, 0.1) is 0 Å². The Bertz CT molecular complexity index is 911. The van der Waals surface area contributed by atoms with Crippen LogP contribution in [0.2, 0.25) is 0 Å². The fourth-order valence-electron chi connectivity index (χ4n) is 2.47. The minimum absolute atomic E-state index is 0.664. The summed E-state index contributed by atoms with van der Waals surface area (Å²) in [5.41, 5.74) is 3.62. The average molecular weight is 306 g/mol. The maximum atomic E-state index is 5.45. The zero-order valence-corrected chi connectivity index (χ0v) is 12.4. The van der Waals surface area contributed by atoms with Crippen LogP contribution in [0.1, 0.15) is 0 Å². The van der Waals surface area contributed by atoms with Gasteiger partial charge in [-0.05, 0) is 24.3 Å². The molecular weight excluding hydrogens is 292 g/mol. The highest BCUT2D eigenvalue weighted by Crippen LogP contribution is 2.33. The number of oxazole rings is 1. The first kappa shape index (κ1) is 13.4. The van der Waals surface area contributed by atoms with E-state index in [9.17, 15) is 0 Å². The summed E-state index contributed by atoms with van der Waals surface area (Å²) in [5.74, 6) is 2.04. The van der Waals surface area contributed by atoms with Crippen LogP contribution in [0.15, 0.2) is 59.5 Å². The third-order valence-corrected chi connectivity index (χ3v) is 3.55. The molecule has 0 atom stereocenters. The van der Waals surface area contributed by atoms with Crippen molar-refractivity contribution in [2.45, 2.75) is 0 Å². The molecule has 0 unspecified atom stereocenters.